The maximum atomic E-state index is 7.12. The molecule has 0 unspecified atom stereocenters. The Bertz CT molecular complexity index is 65.1. The third-order valence-corrected chi connectivity index (χ3v) is 1.77. The zero-order valence-electron chi connectivity index (χ0n) is 9.21. The fourth-order valence-electron chi connectivity index (χ4n) is 1.33. The lowest BCUT2D eigenvalue weighted by molar-refractivity contribution is 0.0773. The van der Waals surface area contributed by atoms with Crippen LogP contribution in [0.3, 0.4) is 0 Å². The van der Waals surface area contributed by atoms with Crippen LogP contribution in [0.25, 0.3) is 0 Å². The highest BCUT2D eigenvalue weighted by Crippen LogP contribution is 2.03. The highest BCUT2D eigenvalue weighted by molar-refractivity contribution is 4.63. The maximum Gasteiger partial charge on any atom is 0.140 e. The van der Waals surface area contributed by atoms with Gasteiger partial charge in [0.05, 0.1) is 0 Å². The summed E-state index contributed by atoms with van der Waals surface area (Å²) in [5, 5.41) is 17.7. The Morgan fingerprint density at radius 2 is 1.38 bits per heavy atom. The molecule has 13 heavy (non-hydrogen) atoms. The van der Waals surface area contributed by atoms with Gasteiger partial charge < -0.3 is 15.5 Å². The first kappa shape index (κ1) is 15.4. The molecule has 0 spiro atoms. The predicted molar refractivity (Wildman–Crippen MR) is 56.6 cm³/mol. The standard InChI is InChI=1S/C9H21N.CH4O2/c1-4-7-9(8-5-2)10-6-3;2-1-3/h9-10H,4-8H2,1-3H3;2-3H,1H2. The summed E-state index contributed by atoms with van der Waals surface area (Å²) in [7, 11) is 0. The van der Waals surface area contributed by atoms with Crippen molar-refractivity contribution in [2.45, 2.75) is 52.5 Å². The highest BCUT2D eigenvalue weighted by Gasteiger charge is 2.02. The summed E-state index contributed by atoms with van der Waals surface area (Å²) in [6.07, 6.45) is 5.28. The van der Waals surface area contributed by atoms with Crippen LogP contribution in [0.2, 0.25) is 0 Å². The molecule has 0 aliphatic rings. The Balaban J connectivity index is 0. The SMILES string of the molecule is CCCC(CCC)NCC.OCO. The van der Waals surface area contributed by atoms with E-state index in [0.29, 0.717) is 0 Å². The van der Waals surface area contributed by atoms with E-state index in [1.807, 2.05) is 0 Å². The first-order valence-corrected chi connectivity index (χ1v) is 5.21. The van der Waals surface area contributed by atoms with E-state index in [9.17, 15) is 0 Å². The molecule has 0 atom stereocenters. The summed E-state index contributed by atoms with van der Waals surface area (Å²) in [4.78, 5) is 0. The number of rotatable bonds is 6. The molecule has 3 nitrogen and oxygen atoms in total. The molecule has 3 N–H and O–H groups in total. The van der Waals surface area contributed by atoms with E-state index in [0.717, 1.165) is 12.6 Å². The topological polar surface area (TPSA) is 52.5 Å². The third-order valence-electron chi connectivity index (χ3n) is 1.77. The average molecular weight is 191 g/mol. The average Bonchev–Trinajstić information content (AvgIpc) is 2.07. The van der Waals surface area contributed by atoms with Crippen molar-refractivity contribution in [2.24, 2.45) is 0 Å². The van der Waals surface area contributed by atoms with Gasteiger partial charge in [0.15, 0.2) is 0 Å². The van der Waals surface area contributed by atoms with Gasteiger partial charge in [0.25, 0.3) is 0 Å². The van der Waals surface area contributed by atoms with Crippen LogP contribution in [0.1, 0.15) is 46.5 Å². The maximum absolute atomic E-state index is 7.12. The normalized spacial score (nSPS) is 9.69. The number of aliphatic hydroxyl groups excluding tert-OH is 1. The summed E-state index contributed by atoms with van der Waals surface area (Å²) in [6.45, 7) is 7.04. The van der Waals surface area contributed by atoms with Crippen molar-refractivity contribution in [1.29, 1.82) is 0 Å². The molecule has 3 heteroatoms. The summed E-state index contributed by atoms with van der Waals surface area (Å²) in [6, 6.07) is 0.778. The number of aliphatic hydroxyl groups is 2. The lowest BCUT2D eigenvalue weighted by atomic mass is 10.1. The molecule has 0 heterocycles. The zero-order chi connectivity index (χ0) is 10.5. The van der Waals surface area contributed by atoms with E-state index in [1.165, 1.54) is 25.7 Å². The second kappa shape index (κ2) is 14.4. The predicted octanol–water partition coefficient (Wildman–Crippen LogP) is 1.49. The smallest absolute Gasteiger partial charge is 0.140 e. The van der Waals surface area contributed by atoms with Crippen molar-refractivity contribution in [2.75, 3.05) is 13.3 Å². The molecular weight excluding hydrogens is 166 g/mol. The number of hydrogen-bond acceptors (Lipinski definition) is 3. The molecule has 0 saturated heterocycles. The summed E-state index contributed by atoms with van der Waals surface area (Å²) in [5.74, 6) is 0. The second-order valence-corrected chi connectivity index (χ2v) is 2.97. The van der Waals surface area contributed by atoms with Crippen molar-refractivity contribution in [3.63, 3.8) is 0 Å². The van der Waals surface area contributed by atoms with Gasteiger partial charge in [0.2, 0.25) is 0 Å². The van der Waals surface area contributed by atoms with Crippen LogP contribution in [-0.2, 0) is 0 Å². The molecule has 0 aliphatic heterocycles. The molecule has 82 valence electrons. The van der Waals surface area contributed by atoms with Crippen LogP contribution >= 0.6 is 0 Å². The molecule has 0 rings (SSSR count). The zero-order valence-corrected chi connectivity index (χ0v) is 9.21. The molecule has 0 aromatic carbocycles. The lowest BCUT2D eigenvalue weighted by Crippen LogP contribution is -2.28. The van der Waals surface area contributed by atoms with E-state index in [4.69, 9.17) is 10.2 Å². The third kappa shape index (κ3) is 14.7. The summed E-state index contributed by atoms with van der Waals surface area (Å²) < 4.78 is 0. The minimum absolute atomic E-state index is 0.750. The van der Waals surface area contributed by atoms with Gasteiger partial charge in [0.1, 0.15) is 6.79 Å². The van der Waals surface area contributed by atoms with E-state index < -0.39 is 6.79 Å². The largest absolute Gasteiger partial charge is 0.371 e. The van der Waals surface area contributed by atoms with Crippen LogP contribution in [0.4, 0.5) is 0 Å². The molecule has 0 radical (unpaired) electrons. The van der Waals surface area contributed by atoms with Crippen LogP contribution in [0, 0.1) is 0 Å². The van der Waals surface area contributed by atoms with Crippen LogP contribution in [0.15, 0.2) is 0 Å². The molecular formula is C10H25NO2. The van der Waals surface area contributed by atoms with Gasteiger partial charge in [-0.3, -0.25) is 0 Å². The van der Waals surface area contributed by atoms with Crippen molar-refractivity contribution >= 4 is 0 Å². The second-order valence-electron chi connectivity index (χ2n) is 2.97. The summed E-state index contributed by atoms with van der Waals surface area (Å²) in [5.41, 5.74) is 0. The quantitative estimate of drug-likeness (QED) is 0.558. The first-order chi connectivity index (χ1) is 6.26. The van der Waals surface area contributed by atoms with E-state index >= 15 is 0 Å². The Kier molecular flexibility index (Phi) is 17.0. The molecule has 0 saturated carbocycles. The number of nitrogens with one attached hydrogen (secondary N) is 1. The van der Waals surface area contributed by atoms with Crippen molar-refractivity contribution in [3.8, 4) is 0 Å². The van der Waals surface area contributed by atoms with Gasteiger partial charge in [0, 0.05) is 6.04 Å². The fraction of sp³-hybridized carbons (Fsp3) is 1.00. The number of hydrogen-bond donors (Lipinski definition) is 3. The Labute approximate surface area is 82.2 Å². The molecule has 0 bridgehead atoms. The van der Waals surface area contributed by atoms with Gasteiger partial charge >= 0.3 is 0 Å². The molecule has 0 aliphatic carbocycles. The van der Waals surface area contributed by atoms with Crippen LogP contribution in [0.5, 0.6) is 0 Å². The minimum Gasteiger partial charge on any atom is -0.371 e. The van der Waals surface area contributed by atoms with Crippen molar-refractivity contribution in [3.05, 3.63) is 0 Å². The lowest BCUT2D eigenvalue weighted by Gasteiger charge is -2.15. The molecule has 0 aromatic rings. The van der Waals surface area contributed by atoms with Crippen molar-refractivity contribution in [1.82, 2.24) is 5.32 Å². The van der Waals surface area contributed by atoms with Crippen molar-refractivity contribution < 1.29 is 10.2 Å². The van der Waals surface area contributed by atoms with Gasteiger partial charge in [-0.05, 0) is 19.4 Å². The van der Waals surface area contributed by atoms with Gasteiger partial charge in [-0.1, -0.05) is 33.6 Å². The Morgan fingerprint density at radius 3 is 1.62 bits per heavy atom. The van der Waals surface area contributed by atoms with E-state index in [1.54, 1.807) is 0 Å². The van der Waals surface area contributed by atoms with Crippen LogP contribution < -0.4 is 5.32 Å². The highest BCUT2D eigenvalue weighted by atomic mass is 16.5. The van der Waals surface area contributed by atoms with Crippen LogP contribution in [-0.4, -0.2) is 29.6 Å². The first-order valence-electron chi connectivity index (χ1n) is 5.21. The van der Waals surface area contributed by atoms with E-state index in [2.05, 4.69) is 26.1 Å². The van der Waals surface area contributed by atoms with Gasteiger partial charge in [-0.15, -0.1) is 0 Å². The fourth-order valence-corrected chi connectivity index (χ4v) is 1.33. The monoisotopic (exact) mass is 191 g/mol. The van der Waals surface area contributed by atoms with Gasteiger partial charge in [-0.2, -0.15) is 0 Å². The Morgan fingerprint density at radius 1 is 1.00 bits per heavy atom. The summed E-state index contributed by atoms with van der Waals surface area (Å²) >= 11 is 0. The molecule has 0 fully saturated rings. The van der Waals surface area contributed by atoms with Gasteiger partial charge in [-0.25, -0.2) is 0 Å². The van der Waals surface area contributed by atoms with E-state index in [-0.39, 0.29) is 0 Å². The molecule has 0 amide bonds. The molecule has 0 aromatic heterocycles. The Hall–Kier alpha value is -0.120. The minimum atomic E-state index is -0.750.